The second-order valence-electron chi connectivity index (χ2n) is 5.38. The first-order valence-electron chi connectivity index (χ1n) is 6.80. The average Bonchev–Trinajstić information content (AvgIpc) is 3.08. The van der Waals surface area contributed by atoms with E-state index in [0.717, 1.165) is 18.7 Å². The molecule has 1 aliphatic rings. The van der Waals surface area contributed by atoms with Gasteiger partial charge in [-0.05, 0) is 12.8 Å². The predicted octanol–water partition coefficient (Wildman–Crippen LogP) is 0.117. The Hall–Kier alpha value is -1.74. The van der Waals surface area contributed by atoms with Crippen LogP contribution in [0.2, 0.25) is 0 Å². The Kier molecular flexibility index (Phi) is 3.54. The Morgan fingerprint density at radius 3 is 2.71 bits per heavy atom. The van der Waals surface area contributed by atoms with Gasteiger partial charge in [0.2, 0.25) is 0 Å². The molecule has 1 atom stereocenters. The second-order valence-corrected chi connectivity index (χ2v) is 7.26. The molecule has 21 heavy (non-hydrogen) atoms. The molecule has 3 heterocycles. The van der Waals surface area contributed by atoms with Gasteiger partial charge in [0.25, 0.3) is 10.0 Å². The Balaban J connectivity index is 1.85. The third-order valence-electron chi connectivity index (χ3n) is 3.78. The highest BCUT2D eigenvalue weighted by Gasteiger charge is 2.33. The number of aryl methyl sites for hydroxylation is 2. The minimum absolute atomic E-state index is 0.0738. The lowest BCUT2D eigenvalue weighted by atomic mass is 9.99. The molecule has 0 aliphatic carbocycles. The van der Waals surface area contributed by atoms with Gasteiger partial charge in [0, 0.05) is 39.3 Å². The van der Waals surface area contributed by atoms with E-state index in [1.54, 1.807) is 17.9 Å². The lowest BCUT2D eigenvalue weighted by Gasteiger charge is -2.30. The second kappa shape index (κ2) is 5.23. The summed E-state index contributed by atoms with van der Waals surface area (Å²) < 4.78 is 30.2. The van der Waals surface area contributed by atoms with Gasteiger partial charge >= 0.3 is 0 Å². The van der Waals surface area contributed by atoms with Crippen molar-refractivity contribution in [2.24, 2.45) is 14.1 Å². The van der Waals surface area contributed by atoms with Gasteiger partial charge in [-0.25, -0.2) is 13.4 Å². The average molecular weight is 310 g/mol. The molecule has 1 fully saturated rings. The zero-order valence-corrected chi connectivity index (χ0v) is 12.9. The fraction of sp³-hybridized carbons (Fsp3) is 0.583. The summed E-state index contributed by atoms with van der Waals surface area (Å²) in [4.78, 5) is 3.97. The summed E-state index contributed by atoms with van der Waals surface area (Å²) in [6, 6.07) is 0. The van der Waals surface area contributed by atoms with E-state index in [2.05, 4.69) is 15.2 Å². The number of aromatic nitrogens is 5. The quantitative estimate of drug-likeness (QED) is 0.803. The van der Waals surface area contributed by atoms with Crippen molar-refractivity contribution in [2.75, 3.05) is 13.1 Å². The third kappa shape index (κ3) is 2.58. The first-order valence-corrected chi connectivity index (χ1v) is 8.24. The van der Waals surface area contributed by atoms with Crippen molar-refractivity contribution in [3.63, 3.8) is 0 Å². The van der Waals surface area contributed by atoms with Gasteiger partial charge < -0.3 is 9.13 Å². The number of piperidine rings is 1. The topological polar surface area (TPSA) is 85.9 Å². The Morgan fingerprint density at radius 2 is 2.10 bits per heavy atom. The molecule has 0 spiro atoms. The smallest absolute Gasteiger partial charge is 0.262 e. The van der Waals surface area contributed by atoms with Crippen molar-refractivity contribution in [1.29, 1.82) is 0 Å². The molecule has 1 saturated heterocycles. The lowest BCUT2D eigenvalue weighted by Crippen LogP contribution is -2.39. The van der Waals surface area contributed by atoms with Gasteiger partial charge in [-0.1, -0.05) is 0 Å². The third-order valence-corrected chi connectivity index (χ3v) is 5.53. The number of nitrogens with zero attached hydrogens (tertiary/aromatic N) is 6. The molecule has 0 amide bonds. The van der Waals surface area contributed by atoms with E-state index in [0.29, 0.717) is 13.1 Å². The highest BCUT2D eigenvalue weighted by molar-refractivity contribution is 7.89. The maximum atomic E-state index is 12.6. The molecule has 3 rings (SSSR count). The molecule has 114 valence electrons. The van der Waals surface area contributed by atoms with E-state index in [1.807, 2.05) is 11.6 Å². The van der Waals surface area contributed by atoms with Crippen LogP contribution in [0.3, 0.4) is 0 Å². The molecule has 9 heteroatoms. The SMILES string of the molecule is Cn1cnc(S(=O)(=O)N2CCCC(c3nncn3C)C2)c1. The first kappa shape index (κ1) is 14.2. The molecule has 0 saturated carbocycles. The largest absolute Gasteiger partial charge is 0.339 e. The molecule has 0 radical (unpaired) electrons. The van der Waals surface area contributed by atoms with Crippen LogP contribution in [0.15, 0.2) is 23.9 Å². The van der Waals surface area contributed by atoms with Crippen LogP contribution in [0.5, 0.6) is 0 Å². The minimum atomic E-state index is -3.53. The van der Waals surface area contributed by atoms with Crippen LogP contribution in [0, 0.1) is 0 Å². The lowest BCUT2D eigenvalue weighted by molar-refractivity contribution is 0.305. The van der Waals surface area contributed by atoms with Gasteiger partial charge in [0.15, 0.2) is 5.03 Å². The van der Waals surface area contributed by atoms with Crippen LogP contribution in [0.4, 0.5) is 0 Å². The monoisotopic (exact) mass is 310 g/mol. The Bertz CT molecular complexity index is 735. The van der Waals surface area contributed by atoms with Crippen molar-refractivity contribution < 1.29 is 8.42 Å². The zero-order valence-electron chi connectivity index (χ0n) is 12.0. The van der Waals surface area contributed by atoms with Gasteiger partial charge in [-0.2, -0.15) is 4.31 Å². The molecule has 0 bridgehead atoms. The highest BCUT2D eigenvalue weighted by Crippen LogP contribution is 2.28. The van der Waals surface area contributed by atoms with Crippen molar-refractivity contribution >= 4 is 10.0 Å². The van der Waals surface area contributed by atoms with E-state index in [-0.39, 0.29) is 10.9 Å². The van der Waals surface area contributed by atoms with Gasteiger partial charge in [-0.15, -0.1) is 10.2 Å². The van der Waals surface area contributed by atoms with E-state index >= 15 is 0 Å². The molecule has 2 aromatic heterocycles. The molecular weight excluding hydrogens is 292 g/mol. The van der Waals surface area contributed by atoms with E-state index < -0.39 is 10.0 Å². The maximum absolute atomic E-state index is 12.6. The van der Waals surface area contributed by atoms with Crippen LogP contribution in [0.1, 0.15) is 24.6 Å². The van der Waals surface area contributed by atoms with Crippen LogP contribution in [0.25, 0.3) is 0 Å². The maximum Gasteiger partial charge on any atom is 0.262 e. The van der Waals surface area contributed by atoms with E-state index in [9.17, 15) is 8.42 Å². The highest BCUT2D eigenvalue weighted by atomic mass is 32.2. The molecular formula is C12H18N6O2S. The first-order chi connectivity index (χ1) is 9.98. The number of hydrogen-bond donors (Lipinski definition) is 0. The van der Waals surface area contributed by atoms with Crippen molar-refractivity contribution in [1.82, 2.24) is 28.6 Å². The molecule has 8 nitrogen and oxygen atoms in total. The molecule has 1 aliphatic heterocycles. The summed E-state index contributed by atoms with van der Waals surface area (Å²) in [7, 11) is 0.0970. The Labute approximate surface area is 123 Å². The van der Waals surface area contributed by atoms with Gasteiger partial charge in [0.1, 0.15) is 12.2 Å². The van der Waals surface area contributed by atoms with Crippen molar-refractivity contribution in [3.05, 3.63) is 24.7 Å². The zero-order chi connectivity index (χ0) is 15.0. The van der Waals surface area contributed by atoms with Crippen LogP contribution in [-0.4, -0.2) is 50.1 Å². The van der Waals surface area contributed by atoms with E-state index in [1.165, 1.54) is 16.8 Å². The van der Waals surface area contributed by atoms with Gasteiger partial charge in [0.05, 0.1) is 6.33 Å². The summed E-state index contributed by atoms with van der Waals surface area (Å²) in [5.74, 6) is 0.903. The number of hydrogen-bond acceptors (Lipinski definition) is 5. The fourth-order valence-electron chi connectivity index (χ4n) is 2.69. The number of rotatable bonds is 3. The van der Waals surface area contributed by atoms with Crippen LogP contribution >= 0.6 is 0 Å². The summed E-state index contributed by atoms with van der Waals surface area (Å²) in [5.41, 5.74) is 0. The summed E-state index contributed by atoms with van der Waals surface area (Å²) in [5, 5.41) is 8.08. The Morgan fingerprint density at radius 1 is 1.29 bits per heavy atom. The number of sulfonamides is 1. The molecule has 0 N–H and O–H groups in total. The summed E-state index contributed by atoms with van der Waals surface area (Å²) >= 11 is 0. The van der Waals surface area contributed by atoms with Crippen molar-refractivity contribution in [2.45, 2.75) is 23.8 Å². The molecule has 0 aromatic carbocycles. The van der Waals surface area contributed by atoms with Gasteiger partial charge in [-0.3, -0.25) is 0 Å². The summed E-state index contributed by atoms with van der Waals surface area (Å²) in [6.45, 7) is 0.943. The summed E-state index contributed by atoms with van der Waals surface area (Å²) in [6.07, 6.45) is 6.39. The fourth-order valence-corrected chi connectivity index (χ4v) is 4.18. The van der Waals surface area contributed by atoms with Crippen LogP contribution in [-0.2, 0) is 24.1 Å². The standard InChI is InChI=1S/C12H18N6O2S/c1-16-7-11(13-8-16)21(19,20)18-5-3-4-10(6-18)12-15-14-9-17(12)2/h7-10H,3-6H2,1-2H3. The van der Waals surface area contributed by atoms with E-state index in [4.69, 9.17) is 0 Å². The van der Waals surface area contributed by atoms with Crippen LogP contribution < -0.4 is 0 Å². The minimum Gasteiger partial charge on any atom is -0.339 e. The molecule has 1 unspecified atom stereocenters. The number of imidazole rings is 1. The van der Waals surface area contributed by atoms with Crippen molar-refractivity contribution in [3.8, 4) is 0 Å². The molecule has 2 aromatic rings. The predicted molar refractivity (Wildman–Crippen MR) is 74.9 cm³/mol. The normalized spacial score (nSPS) is 20.8.